The third-order valence-electron chi connectivity index (χ3n) is 3.96. The summed E-state index contributed by atoms with van der Waals surface area (Å²) in [4.78, 5) is 13.4. The van der Waals surface area contributed by atoms with Crippen LogP contribution in [0.2, 0.25) is 0 Å². The fourth-order valence-corrected chi connectivity index (χ4v) is 2.78. The molecular formula is C13H23NO4. The zero-order valence-corrected chi connectivity index (χ0v) is 10.8. The average Bonchev–Trinajstić information content (AvgIpc) is 2.41. The summed E-state index contributed by atoms with van der Waals surface area (Å²) >= 11 is 0. The Balaban J connectivity index is 1.79. The smallest absolute Gasteiger partial charge is 0.320 e. The normalized spacial score (nSPS) is 24.9. The molecule has 0 aliphatic carbocycles. The minimum absolute atomic E-state index is 0.336. The lowest BCUT2D eigenvalue weighted by atomic mass is 9.92. The van der Waals surface area contributed by atoms with Crippen molar-refractivity contribution >= 4 is 5.97 Å². The molecule has 0 spiro atoms. The van der Waals surface area contributed by atoms with Crippen molar-refractivity contribution in [2.45, 2.75) is 31.7 Å². The highest BCUT2D eigenvalue weighted by Gasteiger charge is 2.28. The van der Waals surface area contributed by atoms with Gasteiger partial charge in [0.25, 0.3) is 0 Å². The summed E-state index contributed by atoms with van der Waals surface area (Å²) in [5.41, 5.74) is 0. The van der Waals surface area contributed by atoms with Gasteiger partial charge in [0, 0.05) is 26.3 Å². The highest BCUT2D eigenvalue weighted by molar-refractivity contribution is 5.73. The standard InChI is InChI=1S/C13H23NO4/c15-13(16)12(14-5-9-18-10-6-14)2-1-11-3-7-17-8-4-11/h11-12H,1-10H2,(H,15,16). The molecule has 104 valence electrons. The van der Waals surface area contributed by atoms with E-state index >= 15 is 0 Å². The summed E-state index contributed by atoms with van der Waals surface area (Å²) in [5.74, 6) is -0.0504. The zero-order chi connectivity index (χ0) is 12.8. The van der Waals surface area contributed by atoms with Gasteiger partial charge in [0.15, 0.2) is 0 Å². The maximum atomic E-state index is 11.4. The van der Waals surface area contributed by atoms with Crippen LogP contribution in [-0.2, 0) is 14.3 Å². The van der Waals surface area contributed by atoms with Crippen molar-refractivity contribution in [1.29, 1.82) is 0 Å². The summed E-state index contributed by atoms with van der Waals surface area (Å²) in [7, 11) is 0. The van der Waals surface area contributed by atoms with E-state index in [1.165, 1.54) is 0 Å². The van der Waals surface area contributed by atoms with E-state index < -0.39 is 5.97 Å². The Labute approximate surface area is 108 Å². The first-order chi connectivity index (χ1) is 8.77. The number of hydrogen-bond acceptors (Lipinski definition) is 4. The van der Waals surface area contributed by atoms with Gasteiger partial charge in [-0.1, -0.05) is 0 Å². The molecule has 2 aliphatic heterocycles. The van der Waals surface area contributed by atoms with Gasteiger partial charge in [0.1, 0.15) is 6.04 Å². The fourth-order valence-electron chi connectivity index (χ4n) is 2.78. The van der Waals surface area contributed by atoms with Crippen molar-refractivity contribution in [2.75, 3.05) is 39.5 Å². The number of hydrogen-bond donors (Lipinski definition) is 1. The predicted octanol–water partition coefficient (Wildman–Crippen LogP) is 0.979. The number of carboxylic acid groups (broad SMARTS) is 1. The number of carboxylic acids is 1. The summed E-state index contributed by atoms with van der Waals surface area (Å²) in [6.45, 7) is 4.46. The van der Waals surface area contributed by atoms with E-state index in [0.717, 1.165) is 52.0 Å². The van der Waals surface area contributed by atoms with Gasteiger partial charge >= 0.3 is 5.97 Å². The molecule has 1 N–H and O–H groups in total. The van der Waals surface area contributed by atoms with Gasteiger partial charge in [0.2, 0.25) is 0 Å². The minimum atomic E-state index is -0.691. The topological polar surface area (TPSA) is 59.0 Å². The summed E-state index contributed by atoms with van der Waals surface area (Å²) < 4.78 is 10.6. The van der Waals surface area contributed by atoms with Gasteiger partial charge in [-0.25, -0.2) is 0 Å². The second kappa shape index (κ2) is 7.07. The molecule has 5 heteroatoms. The van der Waals surface area contributed by atoms with Gasteiger partial charge in [-0.05, 0) is 31.6 Å². The quantitative estimate of drug-likeness (QED) is 0.795. The molecule has 2 heterocycles. The molecule has 0 aromatic rings. The van der Waals surface area contributed by atoms with Gasteiger partial charge < -0.3 is 14.6 Å². The molecule has 0 saturated carbocycles. The lowest BCUT2D eigenvalue weighted by Crippen LogP contribution is -2.47. The largest absolute Gasteiger partial charge is 0.480 e. The van der Waals surface area contributed by atoms with Crippen LogP contribution in [-0.4, -0.2) is 61.5 Å². The average molecular weight is 257 g/mol. The second-order valence-corrected chi connectivity index (χ2v) is 5.14. The van der Waals surface area contributed by atoms with Gasteiger partial charge in [-0.15, -0.1) is 0 Å². The highest BCUT2D eigenvalue weighted by Crippen LogP contribution is 2.22. The van der Waals surface area contributed by atoms with Crippen LogP contribution in [0, 0.1) is 5.92 Å². The minimum Gasteiger partial charge on any atom is -0.480 e. The molecule has 1 unspecified atom stereocenters. The van der Waals surface area contributed by atoms with E-state index in [9.17, 15) is 9.90 Å². The fraction of sp³-hybridized carbons (Fsp3) is 0.923. The van der Waals surface area contributed by atoms with Gasteiger partial charge in [-0.3, -0.25) is 9.69 Å². The van der Waals surface area contributed by atoms with Crippen LogP contribution >= 0.6 is 0 Å². The number of ether oxygens (including phenoxy) is 2. The SMILES string of the molecule is O=C(O)C(CCC1CCOCC1)N1CCOCC1. The van der Waals surface area contributed by atoms with Crippen molar-refractivity contribution in [3.05, 3.63) is 0 Å². The number of rotatable bonds is 5. The van der Waals surface area contributed by atoms with E-state index in [0.29, 0.717) is 19.1 Å². The number of aliphatic carboxylic acids is 1. The lowest BCUT2D eigenvalue weighted by Gasteiger charge is -2.33. The molecule has 2 aliphatic rings. The molecule has 0 aromatic heterocycles. The Kier molecular flexibility index (Phi) is 5.41. The Bertz CT molecular complexity index is 260. The van der Waals surface area contributed by atoms with Crippen molar-refractivity contribution in [3.8, 4) is 0 Å². The van der Waals surface area contributed by atoms with Crippen molar-refractivity contribution in [3.63, 3.8) is 0 Å². The molecular weight excluding hydrogens is 234 g/mol. The Morgan fingerprint density at radius 3 is 2.39 bits per heavy atom. The molecule has 0 radical (unpaired) electrons. The summed E-state index contributed by atoms with van der Waals surface area (Å²) in [6, 6.07) is -0.336. The molecule has 0 aromatic carbocycles. The second-order valence-electron chi connectivity index (χ2n) is 5.14. The summed E-state index contributed by atoms with van der Waals surface area (Å²) in [5, 5.41) is 9.35. The maximum absolute atomic E-state index is 11.4. The summed E-state index contributed by atoms with van der Waals surface area (Å²) in [6.07, 6.45) is 3.91. The number of nitrogens with zero attached hydrogens (tertiary/aromatic N) is 1. The van der Waals surface area contributed by atoms with Crippen LogP contribution in [0.3, 0.4) is 0 Å². The maximum Gasteiger partial charge on any atom is 0.320 e. The molecule has 2 fully saturated rings. The van der Waals surface area contributed by atoms with Gasteiger partial charge in [-0.2, -0.15) is 0 Å². The number of morpholine rings is 1. The third-order valence-corrected chi connectivity index (χ3v) is 3.96. The Hall–Kier alpha value is -0.650. The van der Waals surface area contributed by atoms with Crippen LogP contribution < -0.4 is 0 Å². The molecule has 2 saturated heterocycles. The van der Waals surface area contributed by atoms with E-state index in [1.54, 1.807) is 0 Å². The Morgan fingerprint density at radius 1 is 1.17 bits per heavy atom. The van der Waals surface area contributed by atoms with Crippen LogP contribution in [0.15, 0.2) is 0 Å². The molecule has 18 heavy (non-hydrogen) atoms. The van der Waals surface area contributed by atoms with Gasteiger partial charge in [0.05, 0.1) is 13.2 Å². The predicted molar refractivity (Wildman–Crippen MR) is 66.6 cm³/mol. The molecule has 5 nitrogen and oxygen atoms in total. The molecule has 0 amide bonds. The first-order valence-corrected chi connectivity index (χ1v) is 6.89. The first kappa shape index (κ1) is 13.8. The van der Waals surface area contributed by atoms with Crippen LogP contribution in [0.25, 0.3) is 0 Å². The van der Waals surface area contributed by atoms with Crippen molar-refractivity contribution in [1.82, 2.24) is 4.90 Å². The van der Waals surface area contributed by atoms with E-state index in [2.05, 4.69) is 0 Å². The molecule has 2 rings (SSSR count). The van der Waals surface area contributed by atoms with Crippen LogP contribution in [0.1, 0.15) is 25.7 Å². The van der Waals surface area contributed by atoms with E-state index in [-0.39, 0.29) is 6.04 Å². The van der Waals surface area contributed by atoms with E-state index in [1.807, 2.05) is 4.90 Å². The monoisotopic (exact) mass is 257 g/mol. The van der Waals surface area contributed by atoms with Crippen molar-refractivity contribution < 1.29 is 19.4 Å². The highest BCUT2D eigenvalue weighted by atomic mass is 16.5. The number of carbonyl (C=O) groups is 1. The lowest BCUT2D eigenvalue weighted by molar-refractivity contribution is -0.145. The third kappa shape index (κ3) is 3.93. The Morgan fingerprint density at radius 2 is 1.78 bits per heavy atom. The first-order valence-electron chi connectivity index (χ1n) is 6.89. The van der Waals surface area contributed by atoms with Crippen LogP contribution in [0.4, 0.5) is 0 Å². The molecule has 0 bridgehead atoms. The van der Waals surface area contributed by atoms with Crippen molar-refractivity contribution in [2.24, 2.45) is 5.92 Å². The zero-order valence-electron chi connectivity index (χ0n) is 10.8. The van der Waals surface area contributed by atoms with Crippen LogP contribution in [0.5, 0.6) is 0 Å². The van der Waals surface area contributed by atoms with E-state index in [4.69, 9.17) is 9.47 Å². The molecule has 1 atom stereocenters.